The van der Waals surface area contributed by atoms with Crippen molar-refractivity contribution in [1.82, 2.24) is 19.8 Å². The predicted molar refractivity (Wildman–Crippen MR) is 180 cm³/mol. The van der Waals surface area contributed by atoms with E-state index in [1.165, 1.54) is 18.2 Å². The van der Waals surface area contributed by atoms with E-state index in [4.69, 9.17) is 14.2 Å². The average Bonchev–Trinajstić information content (AvgIpc) is 3.07. The zero-order valence-corrected chi connectivity index (χ0v) is 27.5. The lowest BCUT2D eigenvalue weighted by Gasteiger charge is -2.24. The minimum Gasteiger partial charge on any atom is -0.497 e. The lowest BCUT2D eigenvalue weighted by Crippen LogP contribution is -2.36. The normalized spacial score (nSPS) is 10.8. The molecule has 0 saturated carbocycles. The van der Waals surface area contributed by atoms with Crippen LogP contribution in [0.15, 0.2) is 72.9 Å². The number of amides is 2. The highest BCUT2D eigenvalue weighted by Gasteiger charge is 2.27. The summed E-state index contributed by atoms with van der Waals surface area (Å²) in [4.78, 5) is 41.5. The summed E-state index contributed by atoms with van der Waals surface area (Å²) in [6, 6.07) is 19.5. The van der Waals surface area contributed by atoms with Gasteiger partial charge in [-0.2, -0.15) is 4.98 Å². The quantitative estimate of drug-likeness (QED) is 0.175. The van der Waals surface area contributed by atoms with Crippen LogP contribution in [-0.2, 0) is 0 Å². The van der Waals surface area contributed by atoms with Crippen LogP contribution >= 0.6 is 0 Å². The lowest BCUT2D eigenvalue weighted by molar-refractivity contribution is 0.0779. The van der Waals surface area contributed by atoms with Crippen LogP contribution in [0, 0.1) is 13.8 Å². The Bertz CT molecular complexity index is 1640. The van der Waals surface area contributed by atoms with E-state index in [1.54, 1.807) is 61.5 Å². The number of anilines is 4. The molecule has 0 unspecified atom stereocenters. The zero-order chi connectivity index (χ0) is 33.2. The topological polar surface area (TPSA) is 109 Å². The van der Waals surface area contributed by atoms with Gasteiger partial charge in [0.2, 0.25) is 5.95 Å². The Morgan fingerprint density at radius 2 is 1.59 bits per heavy atom. The van der Waals surface area contributed by atoms with Crippen LogP contribution in [0.3, 0.4) is 0 Å². The molecule has 11 heteroatoms. The fourth-order valence-corrected chi connectivity index (χ4v) is 4.92. The van der Waals surface area contributed by atoms with Crippen molar-refractivity contribution in [3.05, 3.63) is 89.6 Å². The maximum Gasteiger partial charge on any atom is 0.425 e. The zero-order valence-electron chi connectivity index (χ0n) is 27.5. The monoisotopic (exact) mass is 626 g/mol. The molecule has 0 saturated heterocycles. The summed E-state index contributed by atoms with van der Waals surface area (Å²) in [6.45, 7) is 11.3. The number of hydrogen-bond donors (Lipinski definition) is 1. The van der Waals surface area contributed by atoms with Crippen LogP contribution in [0.1, 0.15) is 35.3 Å². The summed E-state index contributed by atoms with van der Waals surface area (Å²) in [5, 5.41) is 3.18. The predicted octanol–water partition coefficient (Wildman–Crippen LogP) is 6.61. The maximum atomic E-state index is 13.9. The third-order valence-corrected chi connectivity index (χ3v) is 7.64. The molecule has 0 radical (unpaired) electrons. The van der Waals surface area contributed by atoms with Gasteiger partial charge in [-0.25, -0.2) is 14.7 Å². The van der Waals surface area contributed by atoms with Crippen molar-refractivity contribution < 1.29 is 23.8 Å². The highest BCUT2D eigenvalue weighted by molar-refractivity contribution is 5.98. The molecule has 1 aromatic heterocycles. The molecule has 0 bridgehead atoms. The van der Waals surface area contributed by atoms with E-state index in [1.807, 2.05) is 38.1 Å². The fraction of sp³-hybridized carbons (Fsp3) is 0.314. The second-order valence-corrected chi connectivity index (χ2v) is 10.7. The SMILES string of the molecule is CCN(CC)CCN(C)C(=O)c1cccc(Nc2nccc(N(C(=O)Oc3c(C)cccc3C)c3ccc(OC)cc3OC)n2)c1. The summed E-state index contributed by atoms with van der Waals surface area (Å²) < 4.78 is 16.9. The molecule has 4 aromatic rings. The number of likely N-dealkylation sites (N-methyl/N-ethyl adjacent to an activating group) is 2. The van der Waals surface area contributed by atoms with E-state index in [0.717, 1.165) is 30.8 Å². The van der Waals surface area contributed by atoms with E-state index in [2.05, 4.69) is 34.0 Å². The molecule has 242 valence electrons. The number of rotatable bonds is 13. The third kappa shape index (κ3) is 8.10. The van der Waals surface area contributed by atoms with E-state index in [9.17, 15) is 9.59 Å². The van der Waals surface area contributed by atoms with E-state index < -0.39 is 6.09 Å². The maximum absolute atomic E-state index is 13.9. The number of benzene rings is 3. The van der Waals surface area contributed by atoms with Crippen LogP contribution in [0.2, 0.25) is 0 Å². The number of nitrogens with zero attached hydrogens (tertiary/aromatic N) is 5. The Balaban J connectivity index is 1.64. The van der Waals surface area contributed by atoms with Gasteiger partial charge in [-0.05, 0) is 68.4 Å². The molecule has 0 spiro atoms. The molecule has 1 heterocycles. The molecule has 46 heavy (non-hydrogen) atoms. The van der Waals surface area contributed by atoms with Crippen LogP contribution in [0.25, 0.3) is 0 Å². The number of aryl methyl sites for hydroxylation is 2. The van der Waals surface area contributed by atoms with Crippen molar-refractivity contribution in [2.24, 2.45) is 0 Å². The Kier molecular flexibility index (Phi) is 11.5. The van der Waals surface area contributed by atoms with Gasteiger partial charge < -0.3 is 29.3 Å². The van der Waals surface area contributed by atoms with E-state index in [-0.39, 0.29) is 17.7 Å². The smallest absolute Gasteiger partial charge is 0.425 e. The Morgan fingerprint density at radius 3 is 2.26 bits per heavy atom. The second kappa shape index (κ2) is 15.7. The average molecular weight is 627 g/mol. The Morgan fingerprint density at radius 1 is 0.870 bits per heavy atom. The van der Waals surface area contributed by atoms with E-state index in [0.29, 0.717) is 40.7 Å². The standard InChI is InChI=1S/C35H42N6O5/c1-8-40(9-2)21-20-39(5)33(42)26-14-11-15-27(22-26)37-34-36-19-18-31(38-34)41(29-17-16-28(44-6)23-30(29)45-7)35(43)46-32-24(3)12-10-13-25(32)4/h10-19,22-23H,8-9,20-21H2,1-7H3,(H,36,37,38). The molecular formula is C35H42N6O5. The van der Waals surface area contributed by atoms with Crippen molar-refractivity contribution in [3.63, 3.8) is 0 Å². The van der Waals surface area contributed by atoms with Crippen molar-refractivity contribution in [2.75, 3.05) is 57.7 Å². The first-order chi connectivity index (χ1) is 22.2. The highest BCUT2D eigenvalue weighted by atomic mass is 16.6. The molecule has 4 rings (SSSR count). The number of hydrogen-bond acceptors (Lipinski definition) is 9. The van der Waals surface area contributed by atoms with Crippen molar-refractivity contribution in [1.29, 1.82) is 0 Å². The molecular weight excluding hydrogens is 584 g/mol. The summed E-state index contributed by atoms with van der Waals surface area (Å²) in [7, 11) is 4.87. The van der Waals surface area contributed by atoms with Gasteiger partial charge in [-0.3, -0.25) is 4.79 Å². The van der Waals surface area contributed by atoms with Gasteiger partial charge in [0.05, 0.1) is 19.9 Å². The van der Waals surface area contributed by atoms with Gasteiger partial charge in [0, 0.05) is 49.7 Å². The Hall–Kier alpha value is -5.16. The molecule has 0 aliphatic heterocycles. The number of para-hydroxylation sites is 1. The van der Waals surface area contributed by atoms with Gasteiger partial charge in [0.15, 0.2) is 0 Å². The minimum atomic E-state index is -0.689. The minimum absolute atomic E-state index is 0.0857. The number of ether oxygens (including phenoxy) is 3. The van der Waals surface area contributed by atoms with Gasteiger partial charge in [0.1, 0.15) is 23.1 Å². The molecule has 0 fully saturated rings. The summed E-state index contributed by atoms with van der Waals surface area (Å²) >= 11 is 0. The second-order valence-electron chi connectivity index (χ2n) is 10.7. The first-order valence-electron chi connectivity index (χ1n) is 15.2. The van der Waals surface area contributed by atoms with Gasteiger partial charge in [0.25, 0.3) is 5.91 Å². The van der Waals surface area contributed by atoms with Crippen molar-refractivity contribution in [2.45, 2.75) is 27.7 Å². The molecule has 0 atom stereocenters. The molecule has 2 amide bonds. The van der Waals surface area contributed by atoms with Crippen LogP contribution in [0.5, 0.6) is 17.2 Å². The molecule has 3 aromatic carbocycles. The molecule has 11 nitrogen and oxygen atoms in total. The first-order valence-corrected chi connectivity index (χ1v) is 15.2. The number of carbonyl (C=O) groups excluding carboxylic acids is 2. The summed E-state index contributed by atoms with van der Waals surface area (Å²) in [5.74, 6) is 1.76. The number of carbonyl (C=O) groups is 2. The van der Waals surface area contributed by atoms with Crippen molar-refractivity contribution in [3.8, 4) is 17.2 Å². The fourth-order valence-electron chi connectivity index (χ4n) is 4.92. The largest absolute Gasteiger partial charge is 0.497 e. The van der Waals surface area contributed by atoms with Crippen molar-refractivity contribution >= 4 is 35.1 Å². The summed E-state index contributed by atoms with van der Waals surface area (Å²) in [5.41, 5.74) is 3.17. The molecule has 1 N–H and O–H groups in total. The molecule has 0 aliphatic carbocycles. The van der Waals surface area contributed by atoms with Crippen LogP contribution in [-0.4, -0.2) is 79.2 Å². The number of methoxy groups -OCH3 is 2. The van der Waals surface area contributed by atoms with Gasteiger partial charge >= 0.3 is 6.09 Å². The molecule has 0 aliphatic rings. The van der Waals surface area contributed by atoms with Crippen LogP contribution in [0.4, 0.5) is 27.9 Å². The van der Waals surface area contributed by atoms with E-state index >= 15 is 0 Å². The summed E-state index contributed by atoms with van der Waals surface area (Å²) in [6.07, 6.45) is 0.849. The highest BCUT2D eigenvalue weighted by Crippen LogP contribution is 2.37. The number of nitrogens with one attached hydrogen (secondary N) is 1. The van der Waals surface area contributed by atoms with Gasteiger partial charge in [-0.15, -0.1) is 0 Å². The Labute approximate surface area is 270 Å². The third-order valence-electron chi connectivity index (χ3n) is 7.64. The first kappa shape index (κ1) is 33.7. The van der Waals surface area contributed by atoms with Crippen LogP contribution < -0.4 is 24.4 Å². The van der Waals surface area contributed by atoms with Gasteiger partial charge in [-0.1, -0.05) is 38.1 Å². The lowest BCUT2D eigenvalue weighted by atomic mass is 10.1. The number of aromatic nitrogens is 2.